The predicted molar refractivity (Wildman–Crippen MR) is 87.7 cm³/mol. The molecule has 0 fully saturated rings. The minimum atomic E-state index is -0.343. The minimum Gasteiger partial charge on any atom is -0.323 e. The van der Waals surface area contributed by atoms with Crippen LogP contribution in [0.2, 0.25) is 0 Å². The van der Waals surface area contributed by atoms with E-state index in [1.807, 2.05) is 30.3 Å². The first-order chi connectivity index (χ1) is 11.2. The van der Waals surface area contributed by atoms with Crippen LogP contribution in [-0.2, 0) is 0 Å². The molecule has 1 amide bonds. The van der Waals surface area contributed by atoms with Crippen molar-refractivity contribution in [3.63, 3.8) is 0 Å². The lowest BCUT2D eigenvalue weighted by Crippen LogP contribution is -2.22. The molecule has 23 heavy (non-hydrogen) atoms. The zero-order valence-electron chi connectivity index (χ0n) is 12.0. The molecule has 0 bridgehead atoms. The van der Waals surface area contributed by atoms with E-state index in [2.05, 4.69) is 15.3 Å². The second kappa shape index (κ2) is 5.10. The van der Waals surface area contributed by atoms with Gasteiger partial charge in [-0.05, 0) is 24.3 Å². The summed E-state index contributed by atoms with van der Waals surface area (Å²) >= 11 is 0. The molecular weight excluding hydrogens is 292 g/mol. The number of amides is 1. The van der Waals surface area contributed by atoms with Gasteiger partial charge in [0.05, 0.1) is 17.2 Å². The maximum absolute atomic E-state index is 12.7. The highest BCUT2D eigenvalue weighted by molar-refractivity contribution is 6.04. The van der Waals surface area contributed by atoms with Crippen LogP contribution in [0.1, 0.15) is 10.4 Å². The topological polar surface area (TPSA) is 79.3 Å². The van der Waals surface area contributed by atoms with E-state index in [4.69, 9.17) is 0 Å². The summed E-state index contributed by atoms with van der Waals surface area (Å²) in [7, 11) is 0. The predicted octanol–water partition coefficient (Wildman–Crippen LogP) is 2.43. The van der Waals surface area contributed by atoms with Gasteiger partial charge >= 0.3 is 0 Å². The van der Waals surface area contributed by atoms with Crippen molar-refractivity contribution < 1.29 is 4.79 Å². The number of benzene rings is 2. The van der Waals surface area contributed by atoms with Crippen molar-refractivity contribution in [3.8, 4) is 0 Å². The Labute approximate surface area is 130 Å². The van der Waals surface area contributed by atoms with E-state index in [1.54, 1.807) is 24.3 Å². The summed E-state index contributed by atoms with van der Waals surface area (Å²) in [5, 5.41) is 2.62. The lowest BCUT2D eigenvalue weighted by molar-refractivity contribution is 0.102. The average molecular weight is 304 g/mol. The Balaban J connectivity index is 1.82. The number of aromatic nitrogens is 3. The molecule has 2 aromatic carbocycles. The first-order valence-corrected chi connectivity index (χ1v) is 7.09. The fraction of sp³-hybridized carbons (Fsp3) is 0. The highest BCUT2D eigenvalue weighted by Gasteiger charge is 2.13. The number of nitrogens with zero attached hydrogens (tertiary/aromatic N) is 2. The number of rotatable bonds is 2. The molecule has 0 aliphatic carbocycles. The number of aromatic amines is 1. The second-order valence-corrected chi connectivity index (χ2v) is 5.10. The third kappa shape index (κ3) is 2.17. The number of carbonyl (C=O) groups is 1. The Bertz CT molecular complexity index is 1080. The number of para-hydroxylation sites is 2. The van der Waals surface area contributed by atoms with Crippen LogP contribution in [0.25, 0.3) is 16.8 Å². The minimum absolute atomic E-state index is 0.140. The molecule has 112 valence electrons. The molecule has 6 heteroatoms. The molecule has 4 aromatic rings. The van der Waals surface area contributed by atoms with E-state index in [9.17, 15) is 9.59 Å². The normalized spacial score (nSPS) is 11.0. The number of H-pyrrole nitrogens is 1. The summed E-state index contributed by atoms with van der Waals surface area (Å²) in [5.41, 5.74) is 1.83. The number of imidazole rings is 1. The van der Waals surface area contributed by atoms with Gasteiger partial charge in [-0.3, -0.25) is 9.59 Å². The summed E-state index contributed by atoms with van der Waals surface area (Å²) in [5.74, 6) is 0.0956. The molecule has 2 aromatic heterocycles. The lowest BCUT2D eigenvalue weighted by Gasteiger charge is -2.04. The Hall–Kier alpha value is -3.41. The summed E-state index contributed by atoms with van der Waals surface area (Å²) in [6.45, 7) is 0. The van der Waals surface area contributed by atoms with Crippen molar-refractivity contribution in [2.75, 3.05) is 5.32 Å². The van der Waals surface area contributed by atoms with Crippen LogP contribution < -0.4 is 10.9 Å². The van der Waals surface area contributed by atoms with Crippen LogP contribution in [-0.4, -0.2) is 20.3 Å². The Kier molecular flexibility index (Phi) is 2.94. The average Bonchev–Trinajstić information content (AvgIpc) is 2.97. The van der Waals surface area contributed by atoms with Crippen molar-refractivity contribution >= 4 is 28.4 Å². The monoisotopic (exact) mass is 304 g/mol. The molecule has 6 nitrogen and oxygen atoms in total. The molecule has 0 aliphatic heterocycles. The summed E-state index contributed by atoms with van der Waals surface area (Å²) in [4.78, 5) is 32.2. The zero-order chi connectivity index (χ0) is 15.8. The fourth-order valence-corrected chi connectivity index (χ4v) is 2.53. The van der Waals surface area contributed by atoms with Crippen LogP contribution in [0.3, 0.4) is 0 Å². The van der Waals surface area contributed by atoms with Crippen molar-refractivity contribution in [1.29, 1.82) is 0 Å². The van der Waals surface area contributed by atoms with Gasteiger partial charge in [-0.25, -0.2) is 9.38 Å². The van der Waals surface area contributed by atoms with Gasteiger partial charge in [-0.1, -0.05) is 30.3 Å². The van der Waals surface area contributed by atoms with Gasteiger partial charge in [-0.15, -0.1) is 0 Å². The van der Waals surface area contributed by atoms with Crippen LogP contribution in [0, 0.1) is 0 Å². The molecule has 0 saturated heterocycles. The zero-order valence-corrected chi connectivity index (χ0v) is 12.0. The van der Waals surface area contributed by atoms with Crippen molar-refractivity contribution in [3.05, 3.63) is 76.7 Å². The van der Waals surface area contributed by atoms with Gasteiger partial charge in [0.2, 0.25) is 5.78 Å². The van der Waals surface area contributed by atoms with Gasteiger partial charge in [0.1, 0.15) is 5.69 Å². The molecule has 0 unspecified atom stereocenters. The Morgan fingerprint density at radius 1 is 1.04 bits per heavy atom. The molecule has 2 N–H and O–H groups in total. The Morgan fingerprint density at radius 3 is 2.61 bits per heavy atom. The molecule has 2 heterocycles. The van der Waals surface area contributed by atoms with Gasteiger partial charge in [0.25, 0.3) is 11.5 Å². The molecular formula is C17H12N4O2. The van der Waals surface area contributed by atoms with Gasteiger partial charge < -0.3 is 10.3 Å². The second-order valence-electron chi connectivity index (χ2n) is 5.10. The van der Waals surface area contributed by atoms with Gasteiger partial charge in [0.15, 0.2) is 0 Å². The first-order valence-electron chi connectivity index (χ1n) is 7.09. The number of fused-ring (bicyclic) bond motifs is 3. The van der Waals surface area contributed by atoms with E-state index < -0.39 is 0 Å². The van der Waals surface area contributed by atoms with Crippen molar-refractivity contribution in [1.82, 2.24) is 14.4 Å². The van der Waals surface area contributed by atoms with Crippen LogP contribution >= 0.6 is 0 Å². The number of carbonyl (C=O) groups excluding carboxylic acids is 1. The molecule has 4 rings (SSSR count). The number of hydrogen-bond acceptors (Lipinski definition) is 3. The van der Waals surface area contributed by atoms with Crippen molar-refractivity contribution in [2.45, 2.75) is 0 Å². The lowest BCUT2D eigenvalue weighted by atomic mass is 10.2. The van der Waals surface area contributed by atoms with Crippen molar-refractivity contribution in [2.24, 2.45) is 0 Å². The smallest absolute Gasteiger partial charge is 0.283 e. The van der Waals surface area contributed by atoms with E-state index in [-0.39, 0.29) is 17.2 Å². The SMILES string of the molecule is O=C(Nc1cnc2[nH]c3ccccc3n2c1=O)c1ccccc1. The molecule has 0 aliphatic rings. The first kappa shape index (κ1) is 13.3. The molecule has 0 saturated carbocycles. The van der Waals surface area contributed by atoms with Crippen LogP contribution in [0.15, 0.2) is 65.6 Å². The summed E-state index contributed by atoms with van der Waals surface area (Å²) in [6.07, 6.45) is 1.37. The van der Waals surface area contributed by atoms with Gasteiger partial charge in [0, 0.05) is 5.56 Å². The van der Waals surface area contributed by atoms with Crippen LogP contribution in [0.5, 0.6) is 0 Å². The summed E-state index contributed by atoms with van der Waals surface area (Å²) in [6, 6.07) is 16.1. The molecule has 0 atom stereocenters. The van der Waals surface area contributed by atoms with Gasteiger partial charge in [-0.2, -0.15) is 0 Å². The maximum atomic E-state index is 12.7. The third-order valence-corrected chi connectivity index (χ3v) is 3.64. The van der Waals surface area contributed by atoms with E-state index in [0.717, 1.165) is 11.0 Å². The molecule has 0 spiro atoms. The summed E-state index contributed by atoms with van der Waals surface area (Å²) < 4.78 is 1.45. The van der Waals surface area contributed by atoms with E-state index in [1.165, 1.54) is 10.6 Å². The highest BCUT2D eigenvalue weighted by Crippen LogP contribution is 2.14. The largest absolute Gasteiger partial charge is 0.323 e. The number of nitrogens with one attached hydrogen (secondary N) is 2. The van der Waals surface area contributed by atoms with E-state index in [0.29, 0.717) is 11.3 Å². The Morgan fingerprint density at radius 2 is 1.78 bits per heavy atom. The third-order valence-electron chi connectivity index (χ3n) is 3.64. The molecule has 0 radical (unpaired) electrons. The van der Waals surface area contributed by atoms with E-state index >= 15 is 0 Å². The number of anilines is 1. The standard InChI is InChI=1S/C17H12N4O2/c22-15(11-6-2-1-3-7-11)19-13-10-18-17-20-12-8-4-5-9-14(12)21(17)16(13)23/h1-10H,(H,18,20)(H,19,22). The fourth-order valence-electron chi connectivity index (χ4n) is 2.53. The highest BCUT2D eigenvalue weighted by atomic mass is 16.2. The maximum Gasteiger partial charge on any atom is 0.283 e. The van der Waals surface area contributed by atoms with Crippen LogP contribution in [0.4, 0.5) is 5.69 Å². The number of hydrogen-bond donors (Lipinski definition) is 2. The quantitative estimate of drug-likeness (QED) is 0.597.